The Morgan fingerprint density at radius 3 is 2.53 bits per heavy atom. The predicted octanol–water partition coefficient (Wildman–Crippen LogP) is 3.04. The van der Waals surface area contributed by atoms with Crippen LogP contribution in [0.25, 0.3) is 22.2 Å². The van der Waals surface area contributed by atoms with E-state index < -0.39 is 0 Å². The van der Waals surface area contributed by atoms with Crippen molar-refractivity contribution in [1.29, 1.82) is 0 Å². The highest BCUT2D eigenvalue weighted by molar-refractivity contribution is 6.24. The molecule has 3 aromatic rings. The Morgan fingerprint density at radius 2 is 1.65 bits per heavy atom. The number of carbonyl (C=O) groups is 1. The molecule has 0 fully saturated rings. The van der Waals surface area contributed by atoms with E-state index in [0.29, 0.717) is 16.7 Å². The molecule has 4 rings (SSSR count). The molecule has 3 nitrogen and oxygen atoms in total. The van der Waals surface area contributed by atoms with Crippen LogP contribution in [0, 0.1) is 0 Å². The molecule has 0 atom stereocenters. The van der Waals surface area contributed by atoms with Crippen LogP contribution < -0.4 is 0 Å². The Bertz CT molecular complexity index is 771. The van der Waals surface area contributed by atoms with E-state index in [1.807, 2.05) is 42.5 Å². The molecule has 1 heterocycles. The number of rotatable bonds is 0. The highest BCUT2D eigenvalue weighted by atomic mass is 16.5. The fraction of sp³-hybridized carbons (Fsp3) is 0. The Hall–Kier alpha value is -2.42. The van der Waals surface area contributed by atoms with Crippen molar-refractivity contribution in [2.75, 3.05) is 0 Å². The van der Waals surface area contributed by atoms with Gasteiger partial charge in [0.2, 0.25) is 0 Å². The van der Waals surface area contributed by atoms with Crippen molar-refractivity contribution in [3.63, 3.8) is 0 Å². The first kappa shape index (κ1) is 8.70. The highest BCUT2D eigenvalue weighted by Crippen LogP contribution is 2.38. The zero-order chi connectivity index (χ0) is 11.4. The molecule has 0 amide bonds. The number of carbonyl (C=O) groups excluding carboxylic acids is 1. The highest BCUT2D eigenvalue weighted by Gasteiger charge is 2.27. The average Bonchev–Trinajstić information content (AvgIpc) is 2.81. The maximum Gasteiger partial charge on any atom is 0.194 e. The van der Waals surface area contributed by atoms with Crippen molar-refractivity contribution < 1.29 is 9.32 Å². The van der Waals surface area contributed by atoms with Gasteiger partial charge in [-0.1, -0.05) is 41.6 Å². The van der Waals surface area contributed by atoms with Crippen LogP contribution >= 0.6 is 0 Å². The van der Waals surface area contributed by atoms with Gasteiger partial charge in [-0.3, -0.25) is 4.79 Å². The van der Waals surface area contributed by atoms with Gasteiger partial charge < -0.3 is 4.52 Å². The van der Waals surface area contributed by atoms with E-state index in [9.17, 15) is 4.79 Å². The molecular formula is C14H7NO2. The summed E-state index contributed by atoms with van der Waals surface area (Å²) in [5.74, 6) is 0.0434. The maximum atomic E-state index is 12.3. The van der Waals surface area contributed by atoms with Gasteiger partial charge in [0.25, 0.3) is 0 Å². The van der Waals surface area contributed by atoms with Crippen molar-refractivity contribution in [2.45, 2.75) is 0 Å². The first-order chi connectivity index (χ1) is 8.36. The zero-order valence-corrected chi connectivity index (χ0v) is 8.81. The van der Waals surface area contributed by atoms with Crippen LogP contribution in [0.15, 0.2) is 47.0 Å². The normalized spacial score (nSPS) is 12.8. The smallest absolute Gasteiger partial charge is 0.194 e. The second kappa shape index (κ2) is 2.83. The molecule has 0 N–H and O–H groups in total. The summed E-state index contributed by atoms with van der Waals surface area (Å²) >= 11 is 0. The molecule has 1 aliphatic rings. The molecule has 0 saturated carbocycles. The van der Waals surface area contributed by atoms with Crippen molar-refractivity contribution in [3.05, 3.63) is 53.6 Å². The van der Waals surface area contributed by atoms with Crippen molar-refractivity contribution in [1.82, 2.24) is 5.16 Å². The van der Waals surface area contributed by atoms with Crippen LogP contribution in [0.1, 0.15) is 15.9 Å². The second-order valence-electron chi connectivity index (χ2n) is 4.08. The van der Waals surface area contributed by atoms with Gasteiger partial charge in [0, 0.05) is 16.7 Å². The summed E-state index contributed by atoms with van der Waals surface area (Å²) in [7, 11) is 0. The minimum Gasteiger partial charge on any atom is -0.356 e. The number of hydrogen-bond acceptors (Lipinski definition) is 3. The van der Waals surface area contributed by atoms with E-state index in [4.69, 9.17) is 4.52 Å². The lowest BCUT2D eigenvalue weighted by Gasteiger charge is -2.12. The van der Waals surface area contributed by atoms with E-state index in [1.165, 1.54) is 0 Å². The Labute approximate surface area is 96.7 Å². The summed E-state index contributed by atoms with van der Waals surface area (Å²) in [6.07, 6.45) is 0. The topological polar surface area (TPSA) is 43.1 Å². The second-order valence-corrected chi connectivity index (χ2v) is 4.08. The van der Waals surface area contributed by atoms with E-state index >= 15 is 0 Å². The standard InChI is InChI=1S/C14H7NO2/c16-14-9-5-2-1-4-8(9)13-12-10(14)6-3-7-11(12)17-15-13/h1-7H. The summed E-state index contributed by atoms with van der Waals surface area (Å²) in [5, 5.41) is 4.90. The van der Waals surface area contributed by atoms with Gasteiger partial charge in [0.1, 0.15) is 5.69 Å². The average molecular weight is 221 g/mol. The molecule has 2 aromatic carbocycles. The Morgan fingerprint density at radius 1 is 0.882 bits per heavy atom. The monoisotopic (exact) mass is 221 g/mol. The Balaban J connectivity index is 2.27. The third-order valence-corrected chi connectivity index (χ3v) is 3.17. The molecular weight excluding hydrogens is 214 g/mol. The number of aromatic nitrogens is 1. The third kappa shape index (κ3) is 0.959. The van der Waals surface area contributed by atoms with E-state index in [0.717, 1.165) is 16.6 Å². The molecule has 1 aromatic heterocycles. The van der Waals surface area contributed by atoms with Crippen LogP contribution in [0.5, 0.6) is 0 Å². The predicted molar refractivity (Wildman–Crippen MR) is 62.9 cm³/mol. The quantitative estimate of drug-likeness (QED) is 0.458. The zero-order valence-electron chi connectivity index (χ0n) is 8.81. The van der Waals surface area contributed by atoms with Crippen LogP contribution in [0.4, 0.5) is 0 Å². The molecule has 1 aliphatic carbocycles. The number of benzene rings is 2. The largest absolute Gasteiger partial charge is 0.356 e. The lowest BCUT2D eigenvalue weighted by Crippen LogP contribution is -2.08. The molecule has 0 aliphatic heterocycles. The van der Waals surface area contributed by atoms with E-state index in [2.05, 4.69) is 5.16 Å². The Kier molecular flexibility index (Phi) is 1.45. The van der Waals surface area contributed by atoms with Crippen LogP contribution in [-0.4, -0.2) is 10.9 Å². The van der Waals surface area contributed by atoms with Crippen molar-refractivity contribution in [3.8, 4) is 11.3 Å². The van der Waals surface area contributed by atoms with E-state index in [1.54, 1.807) is 0 Å². The van der Waals surface area contributed by atoms with Crippen LogP contribution in [0.2, 0.25) is 0 Å². The van der Waals surface area contributed by atoms with E-state index in [-0.39, 0.29) is 5.78 Å². The molecule has 0 unspecified atom stereocenters. The van der Waals surface area contributed by atoms with Crippen molar-refractivity contribution in [2.24, 2.45) is 0 Å². The van der Waals surface area contributed by atoms with Crippen LogP contribution in [-0.2, 0) is 0 Å². The summed E-state index contributed by atoms with van der Waals surface area (Å²) < 4.78 is 5.26. The lowest BCUT2D eigenvalue weighted by atomic mass is 9.88. The lowest BCUT2D eigenvalue weighted by molar-refractivity contribution is 0.104. The molecule has 80 valence electrons. The van der Waals surface area contributed by atoms with Crippen LogP contribution in [0.3, 0.4) is 0 Å². The number of hydrogen-bond donors (Lipinski definition) is 0. The van der Waals surface area contributed by atoms with Gasteiger partial charge in [-0.2, -0.15) is 0 Å². The third-order valence-electron chi connectivity index (χ3n) is 3.17. The van der Waals surface area contributed by atoms with Gasteiger partial charge >= 0.3 is 0 Å². The summed E-state index contributed by atoms with van der Waals surface area (Å²) in [4.78, 5) is 12.3. The molecule has 0 radical (unpaired) electrons. The minimum atomic E-state index is 0.0434. The summed E-state index contributed by atoms with van der Waals surface area (Å²) in [5.41, 5.74) is 3.67. The molecule has 0 saturated heterocycles. The number of ketones is 1. The van der Waals surface area contributed by atoms with Gasteiger partial charge in [0.15, 0.2) is 11.4 Å². The molecule has 0 bridgehead atoms. The first-order valence-electron chi connectivity index (χ1n) is 5.39. The fourth-order valence-electron chi connectivity index (χ4n) is 2.40. The SMILES string of the molecule is O=C1c2ccccc2-c2noc3cccc1c23. The van der Waals surface area contributed by atoms with Gasteiger partial charge in [-0.15, -0.1) is 0 Å². The number of nitrogens with zero attached hydrogens (tertiary/aromatic N) is 1. The molecule has 3 heteroatoms. The van der Waals surface area contributed by atoms with Gasteiger partial charge in [-0.25, -0.2) is 0 Å². The summed E-state index contributed by atoms with van der Waals surface area (Å²) in [6.45, 7) is 0. The van der Waals surface area contributed by atoms with Gasteiger partial charge in [-0.05, 0) is 6.07 Å². The summed E-state index contributed by atoms with van der Waals surface area (Å²) in [6, 6.07) is 13.0. The molecule has 0 spiro atoms. The maximum absolute atomic E-state index is 12.3. The first-order valence-corrected chi connectivity index (χ1v) is 5.39. The minimum absolute atomic E-state index is 0.0434. The number of fused-ring (bicyclic) bond motifs is 2. The van der Waals surface area contributed by atoms with Crippen molar-refractivity contribution >= 4 is 16.8 Å². The van der Waals surface area contributed by atoms with Gasteiger partial charge in [0.05, 0.1) is 5.39 Å². The fourth-order valence-corrected chi connectivity index (χ4v) is 2.40. The molecule has 17 heavy (non-hydrogen) atoms.